The van der Waals surface area contributed by atoms with Gasteiger partial charge in [0.2, 0.25) is 5.91 Å². The molecule has 0 heterocycles. The third-order valence-electron chi connectivity index (χ3n) is 5.63. The summed E-state index contributed by atoms with van der Waals surface area (Å²) in [5, 5.41) is 11.0. The van der Waals surface area contributed by atoms with Gasteiger partial charge in [-0.15, -0.1) is 0 Å². The number of nitrogens with one attached hydrogen (secondary N) is 1. The summed E-state index contributed by atoms with van der Waals surface area (Å²) in [4.78, 5) is 21.5. The first kappa shape index (κ1) is 32.1. The Morgan fingerprint density at radius 1 is 0.651 bits per heavy atom. The second-order valence-electron chi connectivity index (χ2n) is 8.83. The fraction of sp³-hybridized carbons (Fsp3) is 0.0909. The minimum absolute atomic E-state index is 0.113. The fourth-order valence-electron chi connectivity index (χ4n) is 3.37. The van der Waals surface area contributed by atoms with Crippen molar-refractivity contribution >= 4 is 24.0 Å². The Kier molecular flexibility index (Phi) is 12.1. The zero-order valence-electron chi connectivity index (χ0n) is 22.9. The van der Waals surface area contributed by atoms with Gasteiger partial charge in [0.05, 0.1) is 0 Å². The summed E-state index contributed by atoms with van der Waals surface area (Å²) in [7, 11) is 1.56. The van der Waals surface area contributed by atoms with Crippen LogP contribution >= 0.6 is 0 Å². The predicted octanol–water partition coefficient (Wildman–Crippen LogP) is 6.94. The molecular weight excluding hydrogens is 566 g/mol. The minimum Gasteiger partial charge on any atom is -0.489 e. The molecule has 0 saturated heterocycles. The van der Waals surface area contributed by atoms with Gasteiger partial charge in [-0.25, -0.2) is 22.4 Å². The van der Waals surface area contributed by atoms with Crippen molar-refractivity contribution in [3.63, 3.8) is 0 Å². The minimum atomic E-state index is -1.02. The number of ether oxygens (including phenoxy) is 2. The van der Waals surface area contributed by atoms with Crippen LogP contribution in [0.15, 0.2) is 97.1 Å². The van der Waals surface area contributed by atoms with Crippen molar-refractivity contribution < 1.29 is 41.7 Å². The first-order chi connectivity index (χ1) is 20.6. The van der Waals surface area contributed by atoms with Gasteiger partial charge < -0.3 is 19.9 Å². The second kappa shape index (κ2) is 16.2. The molecule has 0 unspecified atom stereocenters. The SMILES string of the molecule is CNC(=O)C=Cc1ccc(OCc2ccc(F)c(F)c2)cc1.O=C(O)C=Cc1ccc(OCc2ccc(F)c(F)c2)cc1. The number of rotatable bonds is 10. The van der Waals surface area contributed by atoms with E-state index in [-0.39, 0.29) is 19.1 Å². The molecule has 0 bridgehead atoms. The highest BCUT2D eigenvalue weighted by Gasteiger charge is 2.04. The highest BCUT2D eigenvalue weighted by molar-refractivity contribution is 5.91. The molecule has 4 rings (SSSR count). The Morgan fingerprint density at radius 2 is 1.07 bits per heavy atom. The van der Waals surface area contributed by atoms with Gasteiger partial charge in [-0.1, -0.05) is 36.4 Å². The zero-order chi connectivity index (χ0) is 31.2. The molecule has 0 fully saturated rings. The summed E-state index contributed by atoms with van der Waals surface area (Å²) >= 11 is 0. The molecule has 0 aromatic heterocycles. The first-order valence-electron chi connectivity index (χ1n) is 12.8. The van der Waals surface area contributed by atoms with E-state index in [0.717, 1.165) is 41.5 Å². The van der Waals surface area contributed by atoms with E-state index in [9.17, 15) is 27.2 Å². The molecule has 222 valence electrons. The molecule has 0 aliphatic heterocycles. The van der Waals surface area contributed by atoms with E-state index in [1.807, 2.05) is 0 Å². The van der Waals surface area contributed by atoms with Gasteiger partial charge in [0, 0.05) is 19.2 Å². The largest absolute Gasteiger partial charge is 0.489 e. The molecule has 1 amide bonds. The van der Waals surface area contributed by atoms with Crippen LogP contribution in [0.25, 0.3) is 12.2 Å². The number of benzene rings is 4. The van der Waals surface area contributed by atoms with E-state index >= 15 is 0 Å². The fourth-order valence-corrected chi connectivity index (χ4v) is 3.37. The van der Waals surface area contributed by atoms with Crippen molar-refractivity contribution in [1.82, 2.24) is 5.32 Å². The maximum atomic E-state index is 13.1. The third kappa shape index (κ3) is 11.2. The maximum absolute atomic E-state index is 13.1. The lowest BCUT2D eigenvalue weighted by Crippen LogP contribution is -2.13. The Labute approximate surface area is 245 Å². The van der Waals surface area contributed by atoms with Crippen molar-refractivity contribution in [2.24, 2.45) is 0 Å². The second-order valence-corrected chi connectivity index (χ2v) is 8.83. The highest BCUT2D eigenvalue weighted by atomic mass is 19.2. The van der Waals surface area contributed by atoms with E-state index in [4.69, 9.17) is 14.6 Å². The topological polar surface area (TPSA) is 84.9 Å². The van der Waals surface area contributed by atoms with Crippen LogP contribution in [0.1, 0.15) is 22.3 Å². The van der Waals surface area contributed by atoms with Crippen LogP contribution in [0, 0.1) is 23.3 Å². The van der Waals surface area contributed by atoms with Crippen LogP contribution in [0.3, 0.4) is 0 Å². The number of carbonyl (C=O) groups is 2. The lowest BCUT2D eigenvalue weighted by atomic mass is 10.2. The monoisotopic (exact) mass is 593 g/mol. The normalized spacial score (nSPS) is 10.7. The number of likely N-dealkylation sites (N-methyl/N-ethyl adjacent to an activating group) is 1. The molecule has 43 heavy (non-hydrogen) atoms. The van der Waals surface area contributed by atoms with Gasteiger partial charge in [-0.05, 0) is 82.9 Å². The summed E-state index contributed by atoms with van der Waals surface area (Å²) in [5.41, 5.74) is 2.63. The van der Waals surface area contributed by atoms with Crippen molar-refractivity contribution in [1.29, 1.82) is 0 Å². The Morgan fingerprint density at radius 3 is 1.44 bits per heavy atom. The smallest absolute Gasteiger partial charge is 0.328 e. The van der Waals surface area contributed by atoms with E-state index in [0.29, 0.717) is 22.6 Å². The average molecular weight is 594 g/mol. The predicted molar refractivity (Wildman–Crippen MR) is 154 cm³/mol. The van der Waals surface area contributed by atoms with E-state index in [2.05, 4.69) is 5.32 Å². The summed E-state index contributed by atoms with van der Waals surface area (Å²) in [6.07, 6.45) is 5.60. The Bertz CT molecular complexity index is 1590. The van der Waals surface area contributed by atoms with Crippen LogP contribution in [-0.2, 0) is 22.8 Å². The quantitative estimate of drug-likeness (QED) is 0.154. The number of hydrogen-bond donors (Lipinski definition) is 2. The highest BCUT2D eigenvalue weighted by Crippen LogP contribution is 2.18. The van der Waals surface area contributed by atoms with Crippen LogP contribution in [0.2, 0.25) is 0 Å². The van der Waals surface area contributed by atoms with Crippen LogP contribution < -0.4 is 14.8 Å². The van der Waals surface area contributed by atoms with E-state index < -0.39 is 29.2 Å². The van der Waals surface area contributed by atoms with Crippen LogP contribution in [-0.4, -0.2) is 24.0 Å². The molecule has 0 atom stereocenters. The molecule has 6 nitrogen and oxygen atoms in total. The first-order valence-corrected chi connectivity index (χ1v) is 12.8. The number of aliphatic carboxylic acids is 1. The van der Waals surface area contributed by atoms with Crippen molar-refractivity contribution in [3.8, 4) is 11.5 Å². The van der Waals surface area contributed by atoms with Gasteiger partial charge in [-0.3, -0.25) is 4.79 Å². The summed E-state index contributed by atoms with van der Waals surface area (Å²) in [5.74, 6) is -3.63. The number of hydrogen-bond acceptors (Lipinski definition) is 4. The lowest BCUT2D eigenvalue weighted by Gasteiger charge is -2.07. The van der Waals surface area contributed by atoms with Gasteiger partial charge >= 0.3 is 5.97 Å². The van der Waals surface area contributed by atoms with Crippen LogP contribution in [0.4, 0.5) is 17.6 Å². The number of amides is 1. The molecule has 4 aromatic carbocycles. The number of carbonyl (C=O) groups excluding carboxylic acids is 1. The summed E-state index contributed by atoms with van der Waals surface area (Å²) < 4.78 is 62.6. The van der Waals surface area contributed by atoms with Gasteiger partial charge in [0.1, 0.15) is 24.7 Å². The molecular formula is C33H27F4NO5. The lowest BCUT2D eigenvalue weighted by molar-refractivity contribution is -0.131. The van der Waals surface area contributed by atoms with Crippen molar-refractivity contribution in [2.75, 3.05) is 7.05 Å². The molecule has 0 aliphatic rings. The molecule has 0 aliphatic carbocycles. The van der Waals surface area contributed by atoms with Crippen molar-refractivity contribution in [2.45, 2.75) is 13.2 Å². The summed E-state index contributed by atoms with van der Waals surface area (Å²) in [6, 6.07) is 21.0. The number of halogens is 4. The van der Waals surface area contributed by atoms with E-state index in [1.165, 1.54) is 24.3 Å². The van der Waals surface area contributed by atoms with Crippen LogP contribution in [0.5, 0.6) is 11.5 Å². The molecule has 0 saturated carbocycles. The molecule has 10 heteroatoms. The maximum Gasteiger partial charge on any atom is 0.328 e. The molecule has 0 radical (unpaired) electrons. The van der Waals surface area contributed by atoms with Gasteiger partial charge in [0.15, 0.2) is 23.3 Å². The molecule has 4 aromatic rings. The van der Waals surface area contributed by atoms with Crippen molar-refractivity contribution in [3.05, 3.63) is 143 Å². The Balaban J connectivity index is 0.000000236. The van der Waals surface area contributed by atoms with Gasteiger partial charge in [-0.2, -0.15) is 0 Å². The average Bonchev–Trinajstić information content (AvgIpc) is 3.01. The number of carboxylic acid groups (broad SMARTS) is 1. The zero-order valence-corrected chi connectivity index (χ0v) is 22.9. The molecule has 2 N–H and O–H groups in total. The number of carboxylic acids is 1. The third-order valence-corrected chi connectivity index (χ3v) is 5.63. The van der Waals surface area contributed by atoms with Gasteiger partial charge in [0.25, 0.3) is 0 Å². The summed E-state index contributed by atoms with van der Waals surface area (Å²) in [6.45, 7) is 0.256. The standard InChI is InChI=1S/C17H15F2NO2.C16H12F2O3/c1-20-17(21)9-5-12-2-6-14(7-3-12)22-11-13-4-8-15(18)16(19)10-13;17-14-7-3-12(9-15(14)18)10-21-13-5-1-11(2-6-13)4-8-16(19)20/h2-10H,11H2,1H3,(H,20,21);1-9H,10H2,(H,19,20). The Hall–Kier alpha value is -5.38. The molecule has 0 spiro atoms. The van der Waals surface area contributed by atoms with E-state index in [1.54, 1.807) is 61.7 Å².